The summed E-state index contributed by atoms with van der Waals surface area (Å²) in [4.78, 5) is 36.8. The molecule has 1 N–H and O–H groups in total. The van der Waals surface area contributed by atoms with E-state index in [0.717, 1.165) is 0 Å². The summed E-state index contributed by atoms with van der Waals surface area (Å²) < 4.78 is 10.8. The average molecular weight is 370 g/mol. The van der Waals surface area contributed by atoms with E-state index >= 15 is 0 Å². The highest BCUT2D eigenvalue weighted by Gasteiger charge is 2.17. The van der Waals surface area contributed by atoms with Gasteiger partial charge < -0.3 is 19.7 Å². The number of para-hydroxylation sites is 1. The van der Waals surface area contributed by atoms with Crippen molar-refractivity contribution in [3.63, 3.8) is 0 Å². The Balaban J connectivity index is 1.94. The van der Waals surface area contributed by atoms with Crippen molar-refractivity contribution in [2.75, 3.05) is 27.2 Å². The van der Waals surface area contributed by atoms with Crippen molar-refractivity contribution in [1.82, 2.24) is 10.2 Å². The number of amides is 2. The van der Waals surface area contributed by atoms with Crippen LogP contribution in [0.2, 0.25) is 0 Å². The lowest BCUT2D eigenvalue weighted by Crippen LogP contribution is -2.39. The molecule has 0 aliphatic heterocycles. The zero-order valence-corrected chi connectivity index (χ0v) is 15.3. The van der Waals surface area contributed by atoms with Crippen LogP contribution >= 0.6 is 0 Å². The number of benzene rings is 2. The van der Waals surface area contributed by atoms with Gasteiger partial charge in [-0.1, -0.05) is 36.4 Å². The number of nitrogens with one attached hydrogen (secondary N) is 1. The molecule has 27 heavy (non-hydrogen) atoms. The Morgan fingerprint density at radius 3 is 2.37 bits per heavy atom. The maximum absolute atomic E-state index is 12.4. The summed E-state index contributed by atoms with van der Waals surface area (Å²) in [6, 6.07) is 16.1. The first-order valence-corrected chi connectivity index (χ1v) is 8.38. The molecule has 0 aliphatic carbocycles. The van der Waals surface area contributed by atoms with Crippen LogP contribution in [0, 0.1) is 0 Å². The van der Waals surface area contributed by atoms with Crippen LogP contribution in [0.3, 0.4) is 0 Å². The SMILES string of the molecule is CNC(=O)CN(C)C(=O)COC(=O)c1ccccc1COc1ccccc1. The number of hydrogen-bond donors (Lipinski definition) is 1. The number of ether oxygens (including phenoxy) is 2. The zero-order chi connectivity index (χ0) is 19.6. The van der Waals surface area contributed by atoms with Crippen LogP contribution in [-0.4, -0.2) is 49.9 Å². The molecule has 0 saturated carbocycles. The van der Waals surface area contributed by atoms with Gasteiger partial charge >= 0.3 is 5.97 Å². The quantitative estimate of drug-likeness (QED) is 0.714. The third kappa shape index (κ3) is 6.14. The standard InChI is InChI=1S/C20H22N2O5/c1-21-18(23)12-22(2)19(24)14-27-20(25)17-11-7-6-8-15(17)13-26-16-9-4-3-5-10-16/h3-11H,12-14H2,1-2H3,(H,21,23). The van der Waals surface area contributed by atoms with Crippen LogP contribution in [0.5, 0.6) is 5.75 Å². The molecule has 2 rings (SSSR count). The summed E-state index contributed by atoms with van der Waals surface area (Å²) >= 11 is 0. The summed E-state index contributed by atoms with van der Waals surface area (Å²) in [7, 11) is 2.95. The maximum Gasteiger partial charge on any atom is 0.339 e. The van der Waals surface area contributed by atoms with E-state index in [9.17, 15) is 14.4 Å². The fourth-order valence-corrected chi connectivity index (χ4v) is 2.22. The molecule has 142 valence electrons. The largest absolute Gasteiger partial charge is 0.489 e. The lowest BCUT2D eigenvalue weighted by molar-refractivity contribution is -0.137. The normalized spacial score (nSPS) is 10.0. The molecular weight excluding hydrogens is 348 g/mol. The first-order valence-electron chi connectivity index (χ1n) is 8.38. The van der Waals surface area contributed by atoms with Gasteiger partial charge in [0.2, 0.25) is 5.91 Å². The Bertz CT molecular complexity index is 792. The monoisotopic (exact) mass is 370 g/mol. The average Bonchev–Trinajstić information content (AvgIpc) is 2.70. The maximum atomic E-state index is 12.4. The molecule has 2 aromatic carbocycles. The Morgan fingerprint density at radius 2 is 1.67 bits per heavy atom. The van der Waals surface area contributed by atoms with Crippen molar-refractivity contribution >= 4 is 17.8 Å². The van der Waals surface area contributed by atoms with Crippen molar-refractivity contribution in [3.05, 3.63) is 65.7 Å². The highest BCUT2D eigenvalue weighted by atomic mass is 16.5. The van der Waals surface area contributed by atoms with Gasteiger partial charge in [-0.3, -0.25) is 9.59 Å². The number of carbonyl (C=O) groups excluding carboxylic acids is 3. The summed E-state index contributed by atoms with van der Waals surface area (Å²) in [6.07, 6.45) is 0. The summed E-state index contributed by atoms with van der Waals surface area (Å²) in [5.74, 6) is -0.707. The fourth-order valence-electron chi connectivity index (χ4n) is 2.22. The number of hydrogen-bond acceptors (Lipinski definition) is 5. The lowest BCUT2D eigenvalue weighted by Gasteiger charge is -2.16. The molecule has 0 saturated heterocycles. The van der Waals surface area contributed by atoms with Gasteiger partial charge in [-0.25, -0.2) is 4.79 Å². The topological polar surface area (TPSA) is 84.9 Å². The van der Waals surface area contributed by atoms with Crippen molar-refractivity contribution < 1.29 is 23.9 Å². The molecule has 0 aliphatic rings. The van der Waals surface area contributed by atoms with Gasteiger partial charge in [0.1, 0.15) is 12.4 Å². The lowest BCUT2D eigenvalue weighted by atomic mass is 10.1. The van der Waals surface area contributed by atoms with E-state index in [1.165, 1.54) is 19.0 Å². The molecule has 7 heteroatoms. The van der Waals surface area contributed by atoms with Crippen LogP contribution in [0.1, 0.15) is 15.9 Å². The van der Waals surface area contributed by atoms with Gasteiger partial charge in [-0.05, 0) is 18.2 Å². The third-order valence-corrected chi connectivity index (χ3v) is 3.79. The summed E-state index contributed by atoms with van der Waals surface area (Å²) in [5, 5.41) is 2.42. The van der Waals surface area contributed by atoms with E-state index in [2.05, 4.69) is 5.32 Å². The Labute approximate surface area is 157 Å². The molecule has 0 atom stereocenters. The van der Waals surface area contributed by atoms with Gasteiger partial charge in [-0.2, -0.15) is 0 Å². The first kappa shape index (κ1) is 20.0. The Morgan fingerprint density at radius 1 is 1.00 bits per heavy atom. The molecule has 7 nitrogen and oxygen atoms in total. The van der Waals surface area contributed by atoms with E-state index < -0.39 is 18.5 Å². The first-order chi connectivity index (χ1) is 13.0. The van der Waals surface area contributed by atoms with Crippen LogP contribution in [-0.2, 0) is 20.9 Å². The van der Waals surface area contributed by atoms with Gasteiger partial charge in [0.15, 0.2) is 6.61 Å². The van der Waals surface area contributed by atoms with Crippen molar-refractivity contribution in [2.24, 2.45) is 0 Å². The molecule has 0 aromatic heterocycles. The fraction of sp³-hybridized carbons (Fsp3) is 0.250. The van der Waals surface area contributed by atoms with Crippen LogP contribution < -0.4 is 10.1 Å². The summed E-state index contributed by atoms with van der Waals surface area (Å²) in [6.45, 7) is -0.353. The van der Waals surface area contributed by atoms with Gasteiger partial charge in [0, 0.05) is 19.7 Å². The minimum absolute atomic E-state index is 0.103. The van der Waals surface area contributed by atoms with E-state index in [0.29, 0.717) is 16.9 Å². The van der Waals surface area contributed by atoms with Gasteiger partial charge in [0.05, 0.1) is 12.1 Å². The van der Waals surface area contributed by atoms with E-state index in [1.807, 2.05) is 30.3 Å². The molecule has 0 heterocycles. The van der Waals surface area contributed by atoms with E-state index in [-0.39, 0.29) is 19.1 Å². The predicted molar refractivity (Wildman–Crippen MR) is 99.2 cm³/mol. The molecule has 0 bridgehead atoms. The van der Waals surface area contributed by atoms with Gasteiger partial charge in [0.25, 0.3) is 5.91 Å². The van der Waals surface area contributed by atoms with Crippen LogP contribution in [0.15, 0.2) is 54.6 Å². The second-order valence-electron chi connectivity index (χ2n) is 5.76. The van der Waals surface area contributed by atoms with E-state index in [1.54, 1.807) is 24.3 Å². The van der Waals surface area contributed by atoms with Crippen molar-refractivity contribution in [1.29, 1.82) is 0 Å². The molecule has 0 unspecified atom stereocenters. The number of nitrogens with zero attached hydrogens (tertiary/aromatic N) is 1. The summed E-state index contributed by atoms with van der Waals surface area (Å²) in [5.41, 5.74) is 0.979. The number of esters is 1. The second-order valence-corrected chi connectivity index (χ2v) is 5.76. The predicted octanol–water partition coefficient (Wildman–Crippen LogP) is 1.63. The number of likely N-dealkylation sites (N-methyl/N-ethyl adjacent to an activating group) is 2. The minimum Gasteiger partial charge on any atom is -0.489 e. The molecular formula is C20H22N2O5. The molecule has 0 radical (unpaired) electrons. The molecule has 0 fully saturated rings. The van der Waals surface area contributed by atoms with E-state index in [4.69, 9.17) is 9.47 Å². The molecule has 2 amide bonds. The van der Waals surface area contributed by atoms with Crippen molar-refractivity contribution in [3.8, 4) is 5.75 Å². The zero-order valence-electron chi connectivity index (χ0n) is 15.3. The molecule has 0 spiro atoms. The highest BCUT2D eigenvalue weighted by molar-refractivity contribution is 5.93. The smallest absolute Gasteiger partial charge is 0.339 e. The second kappa shape index (κ2) is 9.96. The van der Waals surface area contributed by atoms with Crippen LogP contribution in [0.25, 0.3) is 0 Å². The van der Waals surface area contributed by atoms with Gasteiger partial charge in [-0.15, -0.1) is 0 Å². The van der Waals surface area contributed by atoms with Crippen LogP contribution in [0.4, 0.5) is 0 Å². The Hall–Kier alpha value is -3.35. The Kier molecular flexibility index (Phi) is 7.37. The van der Waals surface area contributed by atoms with Crippen molar-refractivity contribution in [2.45, 2.75) is 6.61 Å². The molecule has 2 aromatic rings. The minimum atomic E-state index is -0.621. The highest BCUT2D eigenvalue weighted by Crippen LogP contribution is 2.15. The number of rotatable bonds is 8. The number of carbonyl (C=O) groups is 3. The third-order valence-electron chi connectivity index (χ3n) is 3.79.